The zero-order valence-corrected chi connectivity index (χ0v) is 15.0. The highest BCUT2D eigenvalue weighted by Crippen LogP contribution is 2.33. The number of rotatable bonds is 3. The molecule has 1 aromatic heterocycles. The van der Waals surface area contributed by atoms with Gasteiger partial charge in [-0.1, -0.05) is 56.1 Å². The maximum atomic E-state index is 6.58. The van der Waals surface area contributed by atoms with Crippen molar-refractivity contribution in [1.29, 1.82) is 0 Å². The Hall–Kier alpha value is -0.900. The van der Waals surface area contributed by atoms with Crippen LogP contribution in [0.25, 0.3) is 10.9 Å². The summed E-state index contributed by atoms with van der Waals surface area (Å²) in [5.41, 5.74) is 3.08. The highest BCUT2D eigenvalue weighted by atomic mass is 79.9. The van der Waals surface area contributed by atoms with Crippen molar-refractivity contribution in [2.75, 3.05) is 0 Å². The van der Waals surface area contributed by atoms with E-state index in [1.165, 1.54) is 0 Å². The lowest BCUT2D eigenvalue weighted by atomic mass is 10.1. The second-order valence-corrected chi connectivity index (χ2v) is 7.13. The SMILES string of the molecule is ClC(Cc1ccc2ccccc2n1)c1cc(Br)ccc1Br. The lowest BCUT2D eigenvalue weighted by Crippen LogP contribution is -1.99. The number of benzene rings is 2. The van der Waals surface area contributed by atoms with Gasteiger partial charge >= 0.3 is 0 Å². The minimum Gasteiger partial charge on any atom is -0.253 e. The summed E-state index contributed by atoms with van der Waals surface area (Å²) in [5.74, 6) is 0. The molecular formula is C17H12Br2ClN. The van der Waals surface area contributed by atoms with E-state index in [-0.39, 0.29) is 5.38 Å². The van der Waals surface area contributed by atoms with Crippen molar-refractivity contribution in [3.63, 3.8) is 0 Å². The second kappa shape index (κ2) is 6.47. The molecule has 0 fully saturated rings. The lowest BCUT2D eigenvalue weighted by Gasteiger charge is -2.12. The molecule has 1 unspecified atom stereocenters. The molecule has 0 saturated carbocycles. The first-order valence-electron chi connectivity index (χ1n) is 6.57. The van der Waals surface area contributed by atoms with Crippen molar-refractivity contribution < 1.29 is 0 Å². The second-order valence-electron chi connectivity index (χ2n) is 4.83. The van der Waals surface area contributed by atoms with E-state index in [0.717, 1.165) is 31.1 Å². The number of hydrogen-bond acceptors (Lipinski definition) is 1. The van der Waals surface area contributed by atoms with Crippen LogP contribution in [0.1, 0.15) is 16.6 Å². The molecule has 0 spiro atoms. The summed E-state index contributed by atoms with van der Waals surface area (Å²) in [5, 5.41) is 1.03. The summed E-state index contributed by atoms with van der Waals surface area (Å²) < 4.78 is 2.05. The Labute approximate surface area is 145 Å². The molecule has 3 rings (SSSR count). The zero-order valence-electron chi connectivity index (χ0n) is 11.1. The number of halogens is 3. The quantitative estimate of drug-likeness (QED) is 0.450. The molecule has 0 saturated heterocycles. The Bertz CT molecular complexity index is 789. The van der Waals surface area contributed by atoms with Gasteiger partial charge < -0.3 is 0 Å². The first-order valence-corrected chi connectivity index (χ1v) is 8.59. The predicted octanol–water partition coefficient (Wildman–Crippen LogP) is 6.28. The molecule has 2 aromatic carbocycles. The van der Waals surface area contributed by atoms with Crippen LogP contribution >= 0.6 is 43.5 Å². The average molecular weight is 426 g/mol. The van der Waals surface area contributed by atoms with Crippen molar-refractivity contribution in [2.24, 2.45) is 0 Å². The van der Waals surface area contributed by atoms with Crippen LogP contribution in [-0.4, -0.2) is 4.98 Å². The van der Waals surface area contributed by atoms with Crippen LogP contribution in [0.15, 0.2) is 63.5 Å². The Morgan fingerprint density at radius 1 is 1.00 bits per heavy atom. The van der Waals surface area contributed by atoms with Crippen LogP contribution in [0.3, 0.4) is 0 Å². The average Bonchev–Trinajstić information content (AvgIpc) is 2.49. The molecule has 0 aliphatic rings. The highest BCUT2D eigenvalue weighted by Gasteiger charge is 2.14. The van der Waals surface area contributed by atoms with Crippen molar-refractivity contribution >= 4 is 54.4 Å². The van der Waals surface area contributed by atoms with E-state index in [4.69, 9.17) is 11.6 Å². The largest absolute Gasteiger partial charge is 0.253 e. The molecule has 0 amide bonds. The molecule has 0 aliphatic heterocycles. The van der Waals surface area contributed by atoms with E-state index in [9.17, 15) is 0 Å². The van der Waals surface area contributed by atoms with Crippen molar-refractivity contribution in [1.82, 2.24) is 4.98 Å². The number of alkyl halides is 1. The van der Waals surface area contributed by atoms with Crippen LogP contribution in [0.2, 0.25) is 0 Å². The van der Waals surface area contributed by atoms with Crippen molar-refractivity contribution in [3.05, 3.63) is 74.8 Å². The summed E-state index contributed by atoms with van der Waals surface area (Å²) in [7, 11) is 0. The number of pyridine rings is 1. The number of fused-ring (bicyclic) bond motifs is 1. The molecular weight excluding hydrogens is 413 g/mol. The normalized spacial score (nSPS) is 12.5. The van der Waals surface area contributed by atoms with Crippen LogP contribution in [0, 0.1) is 0 Å². The van der Waals surface area contributed by atoms with Gasteiger partial charge in [0, 0.05) is 26.4 Å². The Kier molecular flexibility index (Phi) is 4.63. The van der Waals surface area contributed by atoms with E-state index in [1.807, 2.05) is 42.5 Å². The summed E-state index contributed by atoms with van der Waals surface area (Å²) >= 11 is 13.6. The van der Waals surface area contributed by atoms with E-state index < -0.39 is 0 Å². The summed E-state index contributed by atoms with van der Waals surface area (Å²) in [6, 6.07) is 18.3. The minimum atomic E-state index is -0.120. The molecule has 21 heavy (non-hydrogen) atoms. The molecule has 0 N–H and O–H groups in total. The first kappa shape index (κ1) is 15.0. The fraction of sp³-hybridized carbons (Fsp3) is 0.118. The van der Waals surface area contributed by atoms with E-state index in [0.29, 0.717) is 6.42 Å². The monoisotopic (exact) mass is 423 g/mol. The van der Waals surface area contributed by atoms with Gasteiger partial charge in [0.25, 0.3) is 0 Å². The molecule has 1 heterocycles. The fourth-order valence-corrected chi connectivity index (χ4v) is 3.64. The Balaban J connectivity index is 1.88. The standard InChI is InChI=1S/C17H12Br2ClN/c18-12-6-8-15(19)14(9-12)16(20)10-13-7-5-11-3-1-2-4-17(11)21-13/h1-9,16H,10H2. The topological polar surface area (TPSA) is 12.9 Å². The molecule has 106 valence electrons. The fourth-order valence-electron chi connectivity index (χ4n) is 2.27. The maximum Gasteiger partial charge on any atom is 0.0705 e. The van der Waals surface area contributed by atoms with Crippen LogP contribution < -0.4 is 0 Å². The Morgan fingerprint density at radius 2 is 1.81 bits per heavy atom. The number of aromatic nitrogens is 1. The third-order valence-corrected chi connectivity index (χ3v) is 4.94. The third-order valence-electron chi connectivity index (χ3n) is 3.34. The van der Waals surface area contributed by atoms with Gasteiger partial charge in [-0.2, -0.15) is 0 Å². The van der Waals surface area contributed by atoms with Gasteiger partial charge in [0.2, 0.25) is 0 Å². The molecule has 1 atom stereocenters. The molecule has 3 aromatic rings. The molecule has 0 bridgehead atoms. The van der Waals surface area contributed by atoms with Crippen LogP contribution in [0.5, 0.6) is 0 Å². The van der Waals surface area contributed by atoms with E-state index in [2.05, 4.69) is 49.0 Å². The lowest BCUT2D eigenvalue weighted by molar-refractivity contribution is 0.883. The van der Waals surface area contributed by atoms with Crippen molar-refractivity contribution in [2.45, 2.75) is 11.8 Å². The molecule has 4 heteroatoms. The maximum absolute atomic E-state index is 6.58. The van der Waals surface area contributed by atoms with E-state index in [1.54, 1.807) is 0 Å². The Morgan fingerprint density at radius 3 is 2.67 bits per heavy atom. The van der Waals surface area contributed by atoms with Gasteiger partial charge in [-0.05, 0) is 35.9 Å². The minimum absolute atomic E-state index is 0.120. The summed E-state index contributed by atoms with van der Waals surface area (Å²) in [4.78, 5) is 4.68. The number of nitrogens with zero attached hydrogens (tertiary/aromatic N) is 1. The van der Waals surface area contributed by atoms with Gasteiger partial charge in [-0.25, -0.2) is 0 Å². The summed E-state index contributed by atoms with van der Waals surface area (Å²) in [6.45, 7) is 0. The highest BCUT2D eigenvalue weighted by molar-refractivity contribution is 9.11. The van der Waals surface area contributed by atoms with Gasteiger partial charge in [0.15, 0.2) is 0 Å². The molecule has 0 radical (unpaired) electrons. The zero-order chi connectivity index (χ0) is 14.8. The third kappa shape index (κ3) is 3.47. The predicted molar refractivity (Wildman–Crippen MR) is 95.9 cm³/mol. The summed E-state index contributed by atoms with van der Waals surface area (Å²) in [6.07, 6.45) is 0.696. The molecule has 0 aliphatic carbocycles. The number of hydrogen-bond donors (Lipinski definition) is 0. The van der Waals surface area contributed by atoms with Crippen LogP contribution in [-0.2, 0) is 6.42 Å². The first-order chi connectivity index (χ1) is 10.1. The smallest absolute Gasteiger partial charge is 0.0705 e. The van der Waals surface area contributed by atoms with E-state index >= 15 is 0 Å². The number of para-hydroxylation sites is 1. The molecule has 1 nitrogen and oxygen atoms in total. The van der Waals surface area contributed by atoms with Crippen molar-refractivity contribution in [3.8, 4) is 0 Å². The van der Waals surface area contributed by atoms with Gasteiger partial charge in [0.1, 0.15) is 0 Å². The van der Waals surface area contributed by atoms with Gasteiger partial charge in [-0.15, -0.1) is 11.6 Å². The van der Waals surface area contributed by atoms with Gasteiger partial charge in [0.05, 0.1) is 10.9 Å². The van der Waals surface area contributed by atoms with Crippen LogP contribution in [0.4, 0.5) is 0 Å². The van der Waals surface area contributed by atoms with Gasteiger partial charge in [-0.3, -0.25) is 4.98 Å².